The highest BCUT2D eigenvalue weighted by Gasteiger charge is 2.31. The number of nitrogens with zero attached hydrogens (tertiary/aromatic N) is 1. The van der Waals surface area contributed by atoms with Gasteiger partial charge >= 0.3 is 0 Å². The highest BCUT2D eigenvalue weighted by atomic mass is 35.5. The van der Waals surface area contributed by atoms with E-state index in [0.29, 0.717) is 41.0 Å². The maximum atomic E-state index is 13.3. The molecule has 1 saturated heterocycles. The van der Waals surface area contributed by atoms with Gasteiger partial charge in [0, 0.05) is 35.3 Å². The zero-order valence-electron chi connectivity index (χ0n) is 20.2. The minimum absolute atomic E-state index is 0.00511. The van der Waals surface area contributed by atoms with Crippen molar-refractivity contribution in [2.45, 2.75) is 45.4 Å². The van der Waals surface area contributed by atoms with Crippen LogP contribution in [0.2, 0.25) is 10.0 Å². The number of hydrogen-bond acceptors (Lipinski definition) is 4. The lowest BCUT2D eigenvalue weighted by molar-refractivity contribution is -0.124. The minimum atomic E-state index is -0.222. The molecule has 2 N–H and O–H groups in total. The molecule has 0 saturated carbocycles. The van der Waals surface area contributed by atoms with Crippen LogP contribution >= 0.6 is 23.2 Å². The summed E-state index contributed by atoms with van der Waals surface area (Å²) in [7, 11) is 0. The van der Waals surface area contributed by atoms with Gasteiger partial charge in [0.15, 0.2) is 0 Å². The van der Waals surface area contributed by atoms with Gasteiger partial charge in [-0.1, -0.05) is 67.2 Å². The van der Waals surface area contributed by atoms with E-state index in [9.17, 15) is 4.79 Å². The number of carbonyl (C=O) groups excluding carboxylic acids is 1. The highest BCUT2D eigenvalue weighted by Crippen LogP contribution is 2.32. The zero-order chi connectivity index (χ0) is 24.8. The highest BCUT2D eigenvalue weighted by molar-refractivity contribution is 6.44. The largest absolute Gasteiger partial charge is 0.376 e. The summed E-state index contributed by atoms with van der Waals surface area (Å²) in [5, 5.41) is 13.4. The molecule has 1 amide bonds. The Morgan fingerprint density at radius 3 is 2.40 bits per heavy atom. The Kier molecular flexibility index (Phi) is 8.88. The molecule has 1 fully saturated rings. The summed E-state index contributed by atoms with van der Waals surface area (Å²) >= 11 is 12.6. The van der Waals surface area contributed by atoms with Gasteiger partial charge in [0.05, 0.1) is 23.9 Å². The number of likely N-dealkylation sites (tertiary alicyclic amines) is 1. The summed E-state index contributed by atoms with van der Waals surface area (Å²) < 4.78 is 5.95. The molecule has 186 valence electrons. The maximum Gasteiger partial charge on any atom is 0.272 e. The quantitative estimate of drug-likeness (QED) is 0.413. The molecule has 2 aliphatic rings. The van der Waals surface area contributed by atoms with E-state index in [4.69, 9.17) is 33.3 Å². The molecule has 0 aromatic heterocycles. The fourth-order valence-electron chi connectivity index (χ4n) is 4.75. The summed E-state index contributed by atoms with van der Waals surface area (Å²) in [4.78, 5) is 15.2. The van der Waals surface area contributed by atoms with Crippen molar-refractivity contribution in [3.8, 4) is 0 Å². The average molecular weight is 514 g/mol. The lowest BCUT2D eigenvalue weighted by Gasteiger charge is -2.31. The predicted molar refractivity (Wildman–Crippen MR) is 144 cm³/mol. The molecule has 0 aliphatic carbocycles. The Morgan fingerprint density at radius 1 is 1.06 bits per heavy atom. The molecule has 4 rings (SSSR count). The standard InChI is InChI=1S/C28H33Cl2N3O2/c1-2-19-7-9-20(10-8-19)15-21-17-35-18-23(26(31)28(34)33-13-5-3-4-6-14-33)27(21)32-25-12-11-22(29)16-24(25)30/h7-12,16,21,31-32H,2-6,13-15,17-18H2,1H3. The molecule has 2 heterocycles. The molecular weight excluding hydrogens is 481 g/mol. The van der Waals surface area contributed by atoms with Crippen LogP contribution in [-0.4, -0.2) is 42.8 Å². The molecule has 2 aliphatic heterocycles. The molecule has 1 atom stereocenters. The van der Waals surface area contributed by atoms with Crippen LogP contribution in [0.15, 0.2) is 53.7 Å². The van der Waals surface area contributed by atoms with E-state index >= 15 is 0 Å². The van der Waals surface area contributed by atoms with E-state index in [1.54, 1.807) is 12.1 Å². The van der Waals surface area contributed by atoms with Gasteiger partial charge in [-0.2, -0.15) is 0 Å². The second-order valence-electron chi connectivity index (χ2n) is 9.31. The molecule has 7 heteroatoms. The number of rotatable bonds is 7. The monoisotopic (exact) mass is 513 g/mol. The van der Waals surface area contributed by atoms with Crippen molar-refractivity contribution >= 4 is 40.5 Å². The summed E-state index contributed by atoms with van der Waals surface area (Å²) in [6.07, 6.45) is 5.95. The van der Waals surface area contributed by atoms with Gasteiger partial charge in [-0.25, -0.2) is 0 Å². The number of halogens is 2. The first kappa shape index (κ1) is 25.7. The van der Waals surface area contributed by atoms with Crippen molar-refractivity contribution in [3.05, 3.63) is 74.9 Å². The molecule has 0 spiro atoms. The number of amides is 1. The summed E-state index contributed by atoms with van der Waals surface area (Å²) in [5.74, 6) is -0.268. The smallest absolute Gasteiger partial charge is 0.272 e. The lowest BCUT2D eigenvalue weighted by Crippen LogP contribution is -2.40. The van der Waals surface area contributed by atoms with E-state index < -0.39 is 0 Å². The number of benzene rings is 2. The first-order valence-corrected chi connectivity index (χ1v) is 13.2. The van der Waals surface area contributed by atoms with Crippen molar-refractivity contribution in [3.63, 3.8) is 0 Å². The fourth-order valence-corrected chi connectivity index (χ4v) is 5.20. The van der Waals surface area contributed by atoms with Crippen LogP contribution in [0, 0.1) is 11.3 Å². The van der Waals surface area contributed by atoms with Crippen molar-refractivity contribution in [1.82, 2.24) is 4.90 Å². The molecule has 2 aromatic rings. The van der Waals surface area contributed by atoms with Crippen molar-refractivity contribution in [1.29, 1.82) is 5.41 Å². The number of anilines is 1. The third-order valence-electron chi connectivity index (χ3n) is 6.82. The first-order valence-electron chi connectivity index (χ1n) is 12.4. The molecule has 5 nitrogen and oxygen atoms in total. The molecule has 35 heavy (non-hydrogen) atoms. The Labute approximate surface area is 218 Å². The number of carbonyl (C=O) groups is 1. The maximum absolute atomic E-state index is 13.3. The van der Waals surface area contributed by atoms with Gasteiger partial charge in [0.1, 0.15) is 5.71 Å². The number of hydrogen-bond donors (Lipinski definition) is 2. The summed E-state index contributed by atoms with van der Waals surface area (Å²) in [6.45, 7) is 4.27. The number of nitrogens with one attached hydrogen (secondary N) is 2. The van der Waals surface area contributed by atoms with E-state index in [2.05, 4.69) is 36.5 Å². The van der Waals surface area contributed by atoms with Crippen LogP contribution in [0.25, 0.3) is 0 Å². The van der Waals surface area contributed by atoms with E-state index in [0.717, 1.165) is 44.2 Å². The Hall–Kier alpha value is -2.34. The van der Waals surface area contributed by atoms with Crippen LogP contribution in [0.1, 0.15) is 43.7 Å². The van der Waals surface area contributed by atoms with Gasteiger partial charge in [0.2, 0.25) is 0 Å². The van der Waals surface area contributed by atoms with Crippen molar-refractivity contribution in [2.75, 3.05) is 31.6 Å². The second kappa shape index (κ2) is 12.1. The third-order valence-corrected chi connectivity index (χ3v) is 7.37. The molecule has 2 aromatic carbocycles. The van der Waals surface area contributed by atoms with Crippen LogP contribution in [0.5, 0.6) is 0 Å². The summed E-state index contributed by atoms with van der Waals surface area (Å²) in [5.41, 5.74) is 4.61. The van der Waals surface area contributed by atoms with Crippen molar-refractivity contribution < 1.29 is 9.53 Å². The van der Waals surface area contributed by atoms with Crippen LogP contribution < -0.4 is 5.32 Å². The normalized spacial score (nSPS) is 18.8. The van der Waals surface area contributed by atoms with Gasteiger partial charge in [-0.15, -0.1) is 0 Å². The van der Waals surface area contributed by atoms with Gasteiger partial charge in [-0.3, -0.25) is 10.2 Å². The van der Waals surface area contributed by atoms with Gasteiger partial charge in [0.25, 0.3) is 5.91 Å². The third kappa shape index (κ3) is 6.46. The Morgan fingerprint density at radius 2 is 1.74 bits per heavy atom. The van der Waals surface area contributed by atoms with Crippen molar-refractivity contribution in [2.24, 2.45) is 5.92 Å². The van der Waals surface area contributed by atoms with E-state index in [1.807, 2.05) is 11.0 Å². The molecular formula is C28H33Cl2N3O2. The molecule has 0 radical (unpaired) electrons. The Bertz CT molecular complexity index is 1090. The fraction of sp³-hybridized carbons (Fsp3) is 0.429. The van der Waals surface area contributed by atoms with E-state index in [-0.39, 0.29) is 24.1 Å². The van der Waals surface area contributed by atoms with Crippen LogP contribution in [-0.2, 0) is 22.4 Å². The lowest BCUT2D eigenvalue weighted by atomic mass is 9.89. The van der Waals surface area contributed by atoms with Crippen LogP contribution in [0.3, 0.4) is 0 Å². The van der Waals surface area contributed by atoms with Gasteiger partial charge < -0.3 is 15.0 Å². The second-order valence-corrected chi connectivity index (χ2v) is 10.2. The van der Waals surface area contributed by atoms with Crippen LogP contribution in [0.4, 0.5) is 5.69 Å². The average Bonchev–Trinajstić information content (AvgIpc) is 3.16. The molecule has 1 unspecified atom stereocenters. The summed E-state index contributed by atoms with van der Waals surface area (Å²) in [6, 6.07) is 13.9. The molecule has 0 bridgehead atoms. The minimum Gasteiger partial charge on any atom is -0.376 e. The van der Waals surface area contributed by atoms with E-state index in [1.165, 1.54) is 11.1 Å². The zero-order valence-corrected chi connectivity index (χ0v) is 21.7. The number of ether oxygens (including phenoxy) is 1. The topological polar surface area (TPSA) is 65.4 Å². The predicted octanol–water partition coefficient (Wildman–Crippen LogP) is 6.53. The Balaban J connectivity index is 1.67. The number of aryl methyl sites for hydroxylation is 1. The first-order chi connectivity index (χ1) is 17.0. The SMILES string of the molecule is CCc1ccc(CC2COCC(C(=N)C(=O)N3CCCCCC3)=C2Nc2ccc(Cl)cc2Cl)cc1. The van der Waals surface area contributed by atoms with Gasteiger partial charge in [-0.05, 0) is 55.0 Å².